The molecule has 0 amide bonds. The SMILES string of the molecule is OC1CC2CCC(C1)N2c1nc(Cl)nc(-n2cccn2)n1. The molecule has 7 nitrogen and oxygen atoms in total. The number of hydrogen-bond donors (Lipinski definition) is 1. The van der Waals surface area contributed by atoms with Crippen LogP contribution in [0.25, 0.3) is 5.95 Å². The number of hydrogen-bond acceptors (Lipinski definition) is 6. The van der Waals surface area contributed by atoms with Crippen molar-refractivity contribution in [2.75, 3.05) is 4.90 Å². The van der Waals surface area contributed by atoms with Crippen LogP contribution in [-0.2, 0) is 0 Å². The Kier molecular flexibility index (Phi) is 3.04. The van der Waals surface area contributed by atoms with Crippen LogP contribution in [0.5, 0.6) is 0 Å². The van der Waals surface area contributed by atoms with Gasteiger partial charge in [-0.05, 0) is 43.4 Å². The largest absolute Gasteiger partial charge is 0.393 e. The highest BCUT2D eigenvalue weighted by molar-refractivity contribution is 6.28. The van der Waals surface area contributed by atoms with Gasteiger partial charge in [-0.15, -0.1) is 0 Å². The number of fused-ring (bicyclic) bond motifs is 2. The van der Waals surface area contributed by atoms with E-state index in [-0.39, 0.29) is 23.5 Å². The molecule has 0 spiro atoms. The zero-order chi connectivity index (χ0) is 14.4. The fraction of sp³-hybridized carbons (Fsp3) is 0.538. The summed E-state index contributed by atoms with van der Waals surface area (Å²) in [6.45, 7) is 0. The standard InChI is InChI=1S/C13H15ClN6O/c14-11-16-12(19-5-1-4-15-19)18-13(17-11)20-8-2-3-9(20)7-10(21)6-8/h1,4-5,8-10,21H,2-3,6-7H2. The van der Waals surface area contributed by atoms with E-state index < -0.39 is 0 Å². The zero-order valence-electron chi connectivity index (χ0n) is 11.3. The molecule has 2 unspecified atom stereocenters. The van der Waals surface area contributed by atoms with Crippen molar-refractivity contribution < 1.29 is 5.11 Å². The number of rotatable bonds is 2. The van der Waals surface area contributed by atoms with Crippen molar-refractivity contribution in [3.8, 4) is 5.95 Å². The molecule has 0 saturated carbocycles. The summed E-state index contributed by atoms with van der Waals surface area (Å²) in [6.07, 6.45) is 6.85. The lowest BCUT2D eigenvalue weighted by atomic mass is 10.0. The molecule has 0 aliphatic carbocycles. The minimum Gasteiger partial charge on any atom is -0.393 e. The predicted molar refractivity (Wildman–Crippen MR) is 76.5 cm³/mol. The maximum atomic E-state index is 9.89. The molecule has 2 bridgehead atoms. The first-order valence-electron chi connectivity index (χ1n) is 7.08. The van der Waals surface area contributed by atoms with Crippen LogP contribution in [0.4, 0.5) is 5.95 Å². The number of halogens is 1. The van der Waals surface area contributed by atoms with Gasteiger partial charge < -0.3 is 10.0 Å². The van der Waals surface area contributed by atoms with Gasteiger partial charge in [-0.3, -0.25) is 0 Å². The fourth-order valence-corrected chi connectivity index (χ4v) is 3.56. The molecule has 2 aromatic rings. The van der Waals surface area contributed by atoms with Crippen LogP contribution < -0.4 is 4.90 Å². The van der Waals surface area contributed by atoms with E-state index in [1.54, 1.807) is 23.1 Å². The fourth-order valence-electron chi connectivity index (χ4n) is 3.41. The molecule has 2 aliphatic rings. The molecular formula is C13H15ClN6O. The third kappa shape index (κ3) is 2.26. The molecule has 8 heteroatoms. The topological polar surface area (TPSA) is 80.0 Å². The highest BCUT2D eigenvalue weighted by Gasteiger charge is 2.41. The molecule has 2 aromatic heterocycles. The minimum atomic E-state index is -0.221. The first kappa shape index (κ1) is 13.0. The second-order valence-electron chi connectivity index (χ2n) is 5.57. The summed E-state index contributed by atoms with van der Waals surface area (Å²) in [7, 11) is 0. The highest BCUT2D eigenvalue weighted by Crippen LogP contribution is 2.38. The molecule has 2 aliphatic heterocycles. The van der Waals surface area contributed by atoms with Crippen LogP contribution >= 0.6 is 11.6 Å². The van der Waals surface area contributed by atoms with E-state index >= 15 is 0 Å². The number of aliphatic hydroxyl groups excluding tert-OH is 1. The second kappa shape index (κ2) is 4.92. The third-order valence-corrected chi connectivity index (χ3v) is 4.40. The maximum absolute atomic E-state index is 9.89. The van der Waals surface area contributed by atoms with Crippen molar-refractivity contribution in [1.82, 2.24) is 24.7 Å². The van der Waals surface area contributed by atoms with Crippen molar-refractivity contribution in [2.24, 2.45) is 0 Å². The molecule has 4 rings (SSSR count). The van der Waals surface area contributed by atoms with E-state index in [1.165, 1.54) is 0 Å². The molecule has 0 aromatic carbocycles. The van der Waals surface area contributed by atoms with Crippen molar-refractivity contribution >= 4 is 17.5 Å². The maximum Gasteiger partial charge on any atom is 0.256 e. The second-order valence-corrected chi connectivity index (χ2v) is 5.91. The quantitative estimate of drug-likeness (QED) is 0.898. The van der Waals surface area contributed by atoms with E-state index in [2.05, 4.69) is 25.0 Å². The van der Waals surface area contributed by atoms with E-state index in [4.69, 9.17) is 11.6 Å². The van der Waals surface area contributed by atoms with Gasteiger partial charge in [0.15, 0.2) is 0 Å². The Balaban J connectivity index is 1.73. The summed E-state index contributed by atoms with van der Waals surface area (Å²) in [6, 6.07) is 2.36. The van der Waals surface area contributed by atoms with Crippen molar-refractivity contribution in [3.05, 3.63) is 23.7 Å². The van der Waals surface area contributed by atoms with Gasteiger partial charge in [0.2, 0.25) is 11.2 Å². The molecule has 2 atom stereocenters. The zero-order valence-corrected chi connectivity index (χ0v) is 12.1. The van der Waals surface area contributed by atoms with Gasteiger partial charge in [0.05, 0.1) is 6.10 Å². The molecule has 2 saturated heterocycles. The van der Waals surface area contributed by atoms with E-state index in [1.807, 2.05) is 0 Å². The first-order valence-corrected chi connectivity index (χ1v) is 7.46. The Morgan fingerprint density at radius 1 is 1.10 bits per heavy atom. The number of anilines is 1. The minimum absolute atomic E-state index is 0.163. The monoisotopic (exact) mass is 306 g/mol. The van der Waals surface area contributed by atoms with E-state index in [0.29, 0.717) is 11.9 Å². The van der Waals surface area contributed by atoms with Crippen LogP contribution in [0.1, 0.15) is 25.7 Å². The lowest BCUT2D eigenvalue weighted by Gasteiger charge is -2.37. The highest BCUT2D eigenvalue weighted by atomic mass is 35.5. The summed E-state index contributed by atoms with van der Waals surface area (Å²) in [5, 5.41) is 14.2. The lowest BCUT2D eigenvalue weighted by molar-refractivity contribution is 0.125. The molecule has 2 fully saturated rings. The summed E-state index contributed by atoms with van der Waals surface area (Å²) in [5.41, 5.74) is 0. The predicted octanol–water partition coefficient (Wildman–Crippen LogP) is 1.20. The van der Waals surface area contributed by atoms with Gasteiger partial charge in [0, 0.05) is 24.5 Å². The van der Waals surface area contributed by atoms with Gasteiger partial charge in [-0.25, -0.2) is 4.68 Å². The average Bonchev–Trinajstić information content (AvgIpc) is 3.05. The smallest absolute Gasteiger partial charge is 0.256 e. The Hall–Kier alpha value is -1.73. The van der Waals surface area contributed by atoms with Crippen LogP contribution in [-0.4, -0.2) is 48.0 Å². The summed E-state index contributed by atoms with van der Waals surface area (Å²) in [5.74, 6) is 1.00. The first-order chi connectivity index (χ1) is 10.2. The Morgan fingerprint density at radius 2 is 1.81 bits per heavy atom. The third-order valence-electron chi connectivity index (χ3n) is 4.23. The molecule has 0 radical (unpaired) electrons. The number of aromatic nitrogens is 5. The van der Waals surface area contributed by atoms with Gasteiger partial charge in [-0.2, -0.15) is 20.1 Å². The van der Waals surface area contributed by atoms with Crippen LogP contribution in [0.3, 0.4) is 0 Å². The molecule has 110 valence electrons. The van der Waals surface area contributed by atoms with E-state index in [9.17, 15) is 5.11 Å². The van der Waals surface area contributed by atoms with Crippen LogP contribution in [0.15, 0.2) is 18.5 Å². The van der Waals surface area contributed by atoms with Gasteiger partial charge >= 0.3 is 0 Å². The van der Waals surface area contributed by atoms with E-state index in [0.717, 1.165) is 25.7 Å². The Bertz CT molecular complexity index is 634. The van der Waals surface area contributed by atoms with Crippen LogP contribution in [0.2, 0.25) is 5.28 Å². The summed E-state index contributed by atoms with van der Waals surface area (Å²) < 4.78 is 1.57. The van der Waals surface area contributed by atoms with Crippen molar-refractivity contribution in [3.63, 3.8) is 0 Å². The van der Waals surface area contributed by atoms with Gasteiger partial charge in [0.25, 0.3) is 5.95 Å². The molecule has 21 heavy (non-hydrogen) atoms. The summed E-state index contributed by atoms with van der Waals surface area (Å²) in [4.78, 5) is 15.1. The number of aliphatic hydroxyl groups is 1. The Morgan fingerprint density at radius 3 is 2.48 bits per heavy atom. The molecular weight excluding hydrogens is 292 g/mol. The molecule has 1 N–H and O–H groups in total. The number of nitrogens with zero attached hydrogens (tertiary/aromatic N) is 6. The van der Waals surface area contributed by atoms with Crippen LogP contribution in [0, 0.1) is 0 Å². The van der Waals surface area contributed by atoms with Gasteiger partial charge in [-0.1, -0.05) is 0 Å². The summed E-state index contributed by atoms with van der Waals surface area (Å²) >= 11 is 6.05. The normalized spacial score (nSPS) is 28.1. The van der Waals surface area contributed by atoms with Crippen molar-refractivity contribution in [2.45, 2.75) is 43.9 Å². The number of piperidine rings is 1. The lowest BCUT2D eigenvalue weighted by Crippen LogP contribution is -2.45. The van der Waals surface area contributed by atoms with Crippen molar-refractivity contribution in [1.29, 1.82) is 0 Å². The van der Waals surface area contributed by atoms with Gasteiger partial charge in [0.1, 0.15) is 0 Å². The Labute approximate surface area is 126 Å². The molecule has 4 heterocycles. The average molecular weight is 307 g/mol.